The maximum atomic E-state index is 11.8. The summed E-state index contributed by atoms with van der Waals surface area (Å²) in [6, 6.07) is 0. The van der Waals surface area contributed by atoms with E-state index in [0.29, 0.717) is 5.57 Å². The highest BCUT2D eigenvalue weighted by Crippen LogP contribution is 2.19. The molecule has 0 saturated carbocycles. The van der Waals surface area contributed by atoms with E-state index in [-0.39, 0.29) is 19.2 Å². The predicted molar refractivity (Wildman–Crippen MR) is 69.7 cm³/mol. The Bertz CT molecular complexity index is 277. The van der Waals surface area contributed by atoms with Crippen LogP contribution in [-0.4, -0.2) is 24.3 Å². The van der Waals surface area contributed by atoms with Gasteiger partial charge in [-0.2, -0.15) is 0 Å². The van der Waals surface area contributed by atoms with Crippen LogP contribution in [0.15, 0.2) is 23.3 Å². The van der Waals surface area contributed by atoms with Gasteiger partial charge in [0.1, 0.15) is 6.61 Å². The Morgan fingerprint density at radius 3 is 2.29 bits per heavy atom. The Labute approximate surface area is 104 Å². The van der Waals surface area contributed by atoms with E-state index in [1.165, 1.54) is 0 Å². The molecule has 1 N–H and O–H groups in total. The van der Waals surface area contributed by atoms with E-state index in [1.807, 2.05) is 13.0 Å². The van der Waals surface area contributed by atoms with Crippen LogP contribution in [0.2, 0.25) is 0 Å². The summed E-state index contributed by atoms with van der Waals surface area (Å²) in [7, 11) is 0. The highest BCUT2D eigenvalue weighted by atomic mass is 16.5. The fourth-order valence-corrected chi connectivity index (χ4v) is 1.63. The van der Waals surface area contributed by atoms with Gasteiger partial charge in [-0.15, -0.1) is 0 Å². The average molecular weight is 240 g/mol. The standard InChI is InChI=1S/C14H24O3/c1-4-7-12(8-5-2)13(9-6-3)14(16)17-11-10-15/h7,9,15H,4-6,8,10-11H2,1-3H3. The average Bonchev–Trinajstić information content (AvgIpc) is 2.33. The van der Waals surface area contributed by atoms with Gasteiger partial charge in [0.2, 0.25) is 0 Å². The summed E-state index contributed by atoms with van der Waals surface area (Å²) in [4.78, 5) is 11.8. The van der Waals surface area contributed by atoms with Crippen molar-refractivity contribution in [1.82, 2.24) is 0 Å². The second-order valence-electron chi connectivity index (χ2n) is 3.77. The molecule has 0 aliphatic carbocycles. The van der Waals surface area contributed by atoms with Gasteiger partial charge in [-0.25, -0.2) is 4.79 Å². The number of hydrogen-bond donors (Lipinski definition) is 1. The van der Waals surface area contributed by atoms with Crippen LogP contribution < -0.4 is 0 Å². The Kier molecular flexibility index (Phi) is 9.44. The molecule has 3 nitrogen and oxygen atoms in total. The first-order chi connectivity index (χ1) is 8.21. The molecular formula is C14H24O3. The molecular weight excluding hydrogens is 216 g/mol. The summed E-state index contributed by atoms with van der Waals surface area (Å²) in [6.07, 6.45) is 7.56. The summed E-state index contributed by atoms with van der Waals surface area (Å²) < 4.78 is 4.98. The van der Waals surface area contributed by atoms with Gasteiger partial charge in [0, 0.05) is 0 Å². The first kappa shape index (κ1) is 15.9. The second kappa shape index (κ2) is 10.1. The van der Waals surface area contributed by atoms with Crippen molar-refractivity contribution in [3.63, 3.8) is 0 Å². The van der Waals surface area contributed by atoms with Crippen LogP contribution in [0.5, 0.6) is 0 Å². The van der Waals surface area contributed by atoms with Crippen LogP contribution in [0.3, 0.4) is 0 Å². The molecule has 0 aromatic carbocycles. The monoisotopic (exact) mass is 240 g/mol. The van der Waals surface area contributed by atoms with Gasteiger partial charge in [-0.05, 0) is 24.8 Å². The molecule has 98 valence electrons. The molecule has 0 saturated heterocycles. The molecule has 0 aromatic heterocycles. The Balaban J connectivity index is 4.86. The van der Waals surface area contributed by atoms with E-state index < -0.39 is 0 Å². The van der Waals surface area contributed by atoms with Crippen LogP contribution >= 0.6 is 0 Å². The van der Waals surface area contributed by atoms with E-state index in [4.69, 9.17) is 9.84 Å². The van der Waals surface area contributed by atoms with Crippen molar-refractivity contribution < 1.29 is 14.6 Å². The van der Waals surface area contributed by atoms with Gasteiger partial charge in [0.25, 0.3) is 0 Å². The van der Waals surface area contributed by atoms with Gasteiger partial charge in [0.05, 0.1) is 12.2 Å². The number of ether oxygens (including phenoxy) is 1. The molecule has 3 heteroatoms. The van der Waals surface area contributed by atoms with Crippen LogP contribution in [0, 0.1) is 0 Å². The first-order valence-corrected chi connectivity index (χ1v) is 6.38. The third-order valence-corrected chi connectivity index (χ3v) is 2.27. The zero-order valence-electron chi connectivity index (χ0n) is 11.2. The van der Waals surface area contributed by atoms with Gasteiger partial charge >= 0.3 is 5.97 Å². The molecule has 0 radical (unpaired) electrons. The number of allylic oxidation sites excluding steroid dienone is 2. The smallest absolute Gasteiger partial charge is 0.338 e. The fourth-order valence-electron chi connectivity index (χ4n) is 1.63. The number of aliphatic hydroxyl groups excluding tert-OH is 1. The predicted octanol–water partition coefficient (Wildman–Crippen LogP) is 2.99. The molecule has 0 aliphatic rings. The molecule has 0 heterocycles. The number of aliphatic hydroxyl groups is 1. The van der Waals surface area contributed by atoms with Crippen LogP contribution in [0.4, 0.5) is 0 Å². The zero-order chi connectivity index (χ0) is 13.1. The number of hydrogen-bond acceptors (Lipinski definition) is 3. The first-order valence-electron chi connectivity index (χ1n) is 6.38. The van der Waals surface area contributed by atoms with Crippen molar-refractivity contribution in [2.75, 3.05) is 13.2 Å². The van der Waals surface area contributed by atoms with E-state index >= 15 is 0 Å². The molecule has 0 unspecified atom stereocenters. The van der Waals surface area contributed by atoms with Gasteiger partial charge < -0.3 is 9.84 Å². The topological polar surface area (TPSA) is 46.5 Å². The van der Waals surface area contributed by atoms with Gasteiger partial charge in [-0.3, -0.25) is 0 Å². The molecule has 0 bridgehead atoms. The number of rotatable bonds is 8. The second-order valence-corrected chi connectivity index (χ2v) is 3.77. The van der Waals surface area contributed by atoms with Crippen LogP contribution in [-0.2, 0) is 9.53 Å². The maximum Gasteiger partial charge on any atom is 0.338 e. The lowest BCUT2D eigenvalue weighted by Crippen LogP contribution is -2.13. The summed E-state index contributed by atoms with van der Waals surface area (Å²) in [5.74, 6) is -0.325. The largest absolute Gasteiger partial charge is 0.460 e. The highest BCUT2D eigenvalue weighted by molar-refractivity contribution is 5.93. The van der Waals surface area contributed by atoms with E-state index in [1.54, 1.807) is 0 Å². The van der Waals surface area contributed by atoms with Crippen molar-refractivity contribution in [2.45, 2.75) is 46.5 Å². The van der Waals surface area contributed by atoms with Crippen molar-refractivity contribution in [3.8, 4) is 0 Å². The highest BCUT2D eigenvalue weighted by Gasteiger charge is 2.14. The lowest BCUT2D eigenvalue weighted by Gasteiger charge is -2.11. The van der Waals surface area contributed by atoms with E-state index in [9.17, 15) is 4.79 Å². The summed E-state index contributed by atoms with van der Waals surface area (Å²) >= 11 is 0. The van der Waals surface area contributed by atoms with E-state index in [2.05, 4.69) is 19.9 Å². The molecule has 17 heavy (non-hydrogen) atoms. The van der Waals surface area contributed by atoms with Crippen molar-refractivity contribution in [2.24, 2.45) is 0 Å². The minimum absolute atomic E-state index is 0.0609. The maximum absolute atomic E-state index is 11.8. The lowest BCUT2D eigenvalue weighted by molar-refractivity contribution is -0.139. The quantitative estimate of drug-likeness (QED) is 0.403. The Morgan fingerprint density at radius 2 is 1.82 bits per heavy atom. The van der Waals surface area contributed by atoms with Crippen molar-refractivity contribution >= 4 is 5.97 Å². The van der Waals surface area contributed by atoms with Gasteiger partial charge in [0.15, 0.2) is 0 Å². The molecule has 0 spiro atoms. The van der Waals surface area contributed by atoms with Gasteiger partial charge in [-0.1, -0.05) is 39.3 Å². The third-order valence-electron chi connectivity index (χ3n) is 2.27. The summed E-state index contributed by atoms with van der Waals surface area (Å²) in [6.45, 7) is 6.07. The lowest BCUT2D eigenvalue weighted by atomic mass is 9.99. The van der Waals surface area contributed by atoms with E-state index in [0.717, 1.165) is 31.3 Å². The third kappa shape index (κ3) is 6.27. The molecule has 0 rings (SSSR count). The Morgan fingerprint density at radius 1 is 1.18 bits per heavy atom. The number of carbonyl (C=O) groups excluding carboxylic acids is 1. The number of carbonyl (C=O) groups is 1. The molecule has 0 atom stereocenters. The van der Waals surface area contributed by atoms with Crippen LogP contribution in [0.25, 0.3) is 0 Å². The molecule has 0 aromatic rings. The normalized spacial score (nSPS) is 12.7. The van der Waals surface area contributed by atoms with Crippen LogP contribution in [0.1, 0.15) is 46.5 Å². The Hall–Kier alpha value is -1.09. The molecule has 0 aliphatic heterocycles. The minimum Gasteiger partial charge on any atom is -0.460 e. The molecule has 0 amide bonds. The summed E-state index contributed by atoms with van der Waals surface area (Å²) in [5, 5.41) is 8.66. The SMILES string of the molecule is CCC=C(CCC)C(=CCC)C(=O)OCCO. The summed E-state index contributed by atoms with van der Waals surface area (Å²) in [5.41, 5.74) is 1.71. The fraction of sp³-hybridized carbons (Fsp3) is 0.643. The zero-order valence-corrected chi connectivity index (χ0v) is 11.2. The van der Waals surface area contributed by atoms with Crippen molar-refractivity contribution in [1.29, 1.82) is 0 Å². The minimum atomic E-state index is -0.325. The molecule has 0 fully saturated rings. The number of esters is 1. The van der Waals surface area contributed by atoms with Crippen molar-refractivity contribution in [3.05, 3.63) is 23.3 Å².